The van der Waals surface area contributed by atoms with Crippen molar-refractivity contribution in [2.24, 2.45) is 0 Å². The maximum absolute atomic E-state index is 13.0. The maximum atomic E-state index is 13.0. The molecule has 3 aromatic rings. The van der Waals surface area contributed by atoms with Gasteiger partial charge in [0.25, 0.3) is 11.8 Å². The molecule has 0 atom stereocenters. The van der Waals surface area contributed by atoms with E-state index in [1.54, 1.807) is 0 Å². The number of halogens is 4. The average molecular weight is 493 g/mol. The Labute approximate surface area is 198 Å². The molecule has 2 amide bonds. The predicted octanol–water partition coefficient (Wildman–Crippen LogP) is 5.15. The number of carbonyl (C=O) groups is 2. The fourth-order valence-electron chi connectivity index (χ4n) is 2.89. The lowest BCUT2D eigenvalue weighted by Gasteiger charge is -2.10. The molecule has 0 aliphatic heterocycles. The summed E-state index contributed by atoms with van der Waals surface area (Å²) in [5.41, 5.74) is -0.456. The van der Waals surface area contributed by atoms with E-state index in [9.17, 15) is 22.8 Å². The van der Waals surface area contributed by atoms with Gasteiger partial charge in [0.1, 0.15) is 17.2 Å². The Hall–Kier alpha value is -3.56. The molecule has 1 heterocycles. The lowest BCUT2D eigenvalue weighted by atomic mass is 10.1. The largest absolute Gasteiger partial charge is 0.457 e. The number of alkyl halides is 3. The highest BCUT2D eigenvalue weighted by Crippen LogP contribution is 2.32. The molecule has 10 heteroatoms. The summed E-state index contributed by atoms with van der Waals surface area (Å²) in [4.78, 5) is 25.3. The second kappa shape index (κ2) is 11.0. The third-order valence-electron chi connectivity index (χ3n) is 4.58. The van der Waals surface area contributed by atoms with Gasteiger partial charge in [0.2, 0.25) is 0 Å². The van der Waals surface area contributed by atoms with Crippen LogP contribution in [0.3, 0.4) is 0 Å². The standard InChI is InChI=1S/C24H20ClF3N2O4/c1-33-12-11-29-23(32)20(30-22(31)15-5-7-18(25)8-6-15)14-19-9-10-21(34-19)16-3-2-4-17(13-16)24(26,27)28/h2-10,13-14H,11-12H2,1H3,(H,29,32)(H,30,31). The summed E-state index contributed by atoms with van der Waals surface area (Å²) < 4.78 is 49.6. The van der Waals surface area contributed by atoms with Crippen LogP contribution in [-0.4, -0.2) is 32.1 Å². The minimum absolute atomic E-state index is 0.124. The van der Waals surface area contributed by atoms with E-state index in [1.807, 2.05) is 0 Å². The van der Waals surface area contributed by atoms with Crippen LogP contribution < -0.4 is 10.6 Å². The first kappa shape index (κ1) is 25.1. The number of amides is 2. The van der Waals surface area contributed by atoms with Crippen molar-refractivity contribution in [1.29, 1.82) is 0 Å². The molecule has 1 aromatic heterocycles. The summed E-state index contributed by atoms with van der Waals surface area (Å²) in [6.45, 7) is 0.446. The first-order chi connectivity index (χ1) is 16.2. The van der Waals surface area contributed by atoms with E-state index < -0.39 is 23.6 Å². The number of hydrogen-bond acceptors (Lipinski definition) is 4. The Morgan fingerprint density at radius 3 is 2.50 bits per heavy atom. The Morgan fingerprint density at radius 1 is 1.09 bits per heavy atom. The summed E-state index contributed by atoms with van der Waals surface area (Å²) in [6.07, 6.45) is -3.21. The van der Waals surface area contributed by atoms with Crippen molar-refractivity contribution in [3.63, 3.8) is 0 Å². The molecule has 0 aliphatic carbocycles. The molecule has 0 unspecified atom stereocenters. The third kappa shape index (κ3) is 6.72. The van der Waals surface area contributed by atoms with E-state index in [4.69, 9.17) is 20.8 Å². The molecular weight excluding hydrogens is 473 g/mol. The highest BCUT2D eigenvalue weighted by atomic mass is 35.5. The maximum Gasteiger partial charge on any atom is 0.416 e. The van der Waals surface area contributed by atoms with Crippen LogP contribution in [0.2, 0.25) is 5.02 Å². The molecule has 0 spiro atoms. The molecule has 0 fully saturated rings. The van der Waals surface area contributed by atoms with Gasteiger partial charge in [-0.1, -0.05) is 23.7 Å². The molecule has 0 saturated carbocycles. The third-order valence-corrected chi connectivity index (χ3v) is 4.83. The molecule has 3 rings (SSSR count). The summed E-state index contributed by atoms with van der Waals surface area (Å²) in [6, 6.07) is 13.7. The molecule has 0 saturated heterocycles. The Bertz CT molecular complexity index is 1190. The predicted molar refractivity (Wildman–Crippen MR) is 121 cm³/mol. The normalized spacial score (nSPS) is 11.9. The quantitative estimate of drug-likeness (QED) is 0.336. The number of hydrogen-bond donors (Lipinski definition) is 2. The van der Waals surface area contributed by atoms with Crippen molar-refractivity contribution in [3.05, 3.63) is 88.3 Å². The monoisotopic (exact) mass is 492 g/mol. The number of methoxy groups -OCH3 is 1. The van der Waals surface area contributed by atoms with Gasteiger partial charge in [0, 0.05) is 35.9 Å². The molecule has 0 aliphatic rings. The molecule has 2 N–H and O–H groups in total. The van der Waals surface area contributed by atoms with Gasteiger partial charge in [-0.05, 0) is 48.5 Å². The molecule has 178 valence electrons. The minimum atomic E-state index is -4.50. The second-order valence-electron chi connectivity index (χ2n) is 7.05. The van der Waals surface area contributed by atoms with Crippen LogP contribution in [0, 0.1) is 0 Å². The van der Waals surface area contributed by atoms with Gasteiger partial charge in [-0.2, -0.15) is 13.2 Å². The zero-order valence-corrected chi connectivity index (χ0v) is 18.7. The summed E-state index contributed by atoms with van der Waals surface area (Å²) in [5.74, 6) is -0.841. The van der Waals surface area contributed by atoms with Gasteiger partial charge in [-0.25, -0.2) is 0 Å². The van der Waals surface area contributed by atoms with Crippen LogP contribution in [0.15, 0.2) is 70.8 Å². The van der Waals surface area contributed by atoms with Gasteiger partial charge in [0.15, 0.2) is 0 Å². The van der Waals surface area contributed by atoms with Gasteiger partial charge >= 0.3 is 6.18 Å². The number of benzene rings is 2. The lowest BCUT2D eigenvalue weighted by Crippen LogP contribution is -2.36. The summed E-state index contributed by atoms with van der Waals surface area (Å²) in [5, 5.41) is 5.57. The second-order valence-corrected chi connectivity index (χ2v) is 7.48. The smallest absolute Gasteiger partial charge is 0.416 e. The number of rotatable bonds is 8. The fraction of sp³-hybridized carbons (Fsp3) is 0.167. The van der Waals surface area contributed by atoms with Gasteiger partial charge in [-0.15, -0.1) is 0 Å². The van der Waals surface area contributed by atoms with Crippen molar-refractivity contribution < 1.29 is 31.9 Å². The molecule has 34 heavy (non-hydrogen) atoms. The molecule has 0 radical (unpaired) electrons. The SMILES string of the molecule is COCCNC(=O)C(=Cc1ccc(-c2cccc(C(F)(F)F)c2)o1)NC(=O)c1ccc(Cl)cc1. The highest BCUT2D eigenvalue weighted by Gasteiger charge is 2.30. The first-order valence-electron chi connectivity index (χ1n) is 10.0. The zero-order chi connectivity index (χ0) is 24.7. The van der Waals surface area contributed by atoms with E-state index in [-0.39, 0.29) is 41.5 Å². The Morgan fingerprint density at radius 2 is 1.82 bits per heavy atom. The van der Waals surface area contributed by atoms with Crippen LogP contribution in [0.5, 0.6) is 0 Å². The van der Waals surface area contributed by atoms with Crippen LogP contribution in [0.1, 0.15) is 21.7 Å². The minimum Gasteiger partial charge on any atom is -0.457 e. The van der Waals surface area contributed by atoms with Crippen molar-refractivity contribution in [2.75, 3.05) is 20.3 Å². The molecular formula is C24H20ClF3N2O4. The molecule has 0 bridgehead atoms. The van der Waals surface area contributed by atoms with Crippen molar-refractivity contribution >= 4 is 29.5 Å². The van der Waals surface area contributed by atoms with Crippen molar-refractivity contribution in [2.45, 2.75) is 6.18 Å². The van der Waals surface area contributed by atoms with Crippen molar-refractivity contribution in [3.8, 4) is 11.3 Å². The van der Waals surface area contributed by atoms with Crippen LogP contribution >= 0.6 is 11.6 Å². The van der Waals surface area contributed by atoms with Crippen LogP contribution in [-0.2, 0) is 15.7 Å². The Balaban J connectivity index is 1.87. The number of furan rings is 1. The average Bonchev–Trinajstić information content (AvgIpc) is 3.27. The first-order valence-corrected chi connectivity index (χ1v) is 10.4. The highest BCUT2D eigenvalue weighted by molar-refractivity contribution is 6.30. The van der Waals surface area contributed by atoms with Crippen molar-refractivity contribution in [1.82, 2.24) is 10.6 Å². The Kier molecular flexibility index (Phi) is 8.14. The van der Waals surface area contributed by atoms with E-state index in [0.717, 1.165) is 12.1 Å². The van der Waals surface area contributed by atoms with Gasteiger partial charge in [0.05, 0.1) is 12.2 Å². The number of ether oxygens (including phenoxy) is 1. The summed E-state index contributed by atoms with van der Waals surface area (Å²) in [7, 11) is 1.48. The van der Waals surface area contributed by atoms with E-state index >= 15 is 0 Å². The van der Waals surface area contributed by atoms with Crippen LogP contribution in [0.4, 0.5) is 13.2 Å². The summed E-state index contributed by atoms with van der Waals surface area (Å²) >= 11 is 5.84. The fourth-order valence-corrected chi connectivity index (χ4v) is 3.02. The van der Waals surface area contributed by atoms with E-state index in [2.05, 4.69) is 10.6 Å². The van der Waals surface area contributed by atoms with E-state index in [0.29, 0.717) is 5.02 Å². The topological polar surface area (TPSA) is 80.6 Å². The molecule has 2 aromatic carbocycles. The molecule has 6 nitrogen and oxygen atoms in total. The van der Waals surface area contributed by atoms with Crippen LogP contribution in [0.25, 0.3) is 17.4 Å². The van der Waals surface area contributed by atoms with Gasteiger partial charge in [-0.3, -0.25) is 9.59 Å². The van der Waals surface area contributed by atoms with E-state index in [1.165, 1.54) is 61.7 Å². The number of nitrogens with one attached hydrogen (secondary N) is 2. The van der Waals surface area contributed by atoms with Gasteiger partial charge < -0.3 is 19.8 Å². The zero-order valence-electron chi connectivity index (χ0n) is 17.9. The lowest BCUT2D eigenvalue weighted by molar-refractivity contribution is -0.137. The number of carbonyl (C=O) groups excluding carboxylic acids is 2.